The molecular formula is C14H9F3N4O3S. The molecule has 1 N–H and O–H groups in total. The maximum absolute atomic E-state index is 12.9. The number of alkyl halides is 3. The fourth-order valence-corrected chi connectivity index (χ4v) is 3.10. The van der Waals surface area contributed by atoms with E-state index in [0.717, 1.165) is 24.8 Å². The minimum Gasteiger partial charge on any atom is -0.411 e. The molecule has 0 aliphatic rings. The Morgan fingerprint density at radius 3 is 2.64 bits per heavy atom. The molecule has 0 spiro atoms. The monoisotopic (exact) mass is 370 g/mol. The molecule has 1 aromatic carbocycles. The van der Waals surface area contributed by atoms with Crippen LogP contribution in [0.1, 0.15) is 11.4 Å². The first-order valence-electron chi connectivity index (χ1n) is 6.71. The third kappa shape index (κ3) is 2.82. The zero-order chi connectivity index (χ0) is 18.4. The fourth-order valence-electron chi connectivity index (χ4n) is 2.37. The average Bonchev–Trinajstić information content (AvgIpc) is 2.93. The van der Waals surface area contributed by atoms with Crippen LogP contribution in [0, 0.1) is 0 Å². The van der Waals surface area contributed by atoms with Gasteiger partial charge in [0.2, 0.25) is 0 Å². The lowest BCUT2D eigenvalue weighted by atomic mass is 10.2. The molecule has 2 heterocycles. The van der Waals surface area contributed by atoms with Crippen LogP contribution in [-0.4, -0.2) is 24.9 Å². The van der Waals surface area contributed by atoms with E-state index in [4.69, 9.17) is 5.21 Å². The molecule has 0 atom stereocenters. The summed E-state index contributed by atoms with van der Waals surface area (Å²) in [6.07, 6.45) is -3.74. The number of hydrogen-bond acceptors (Lipinski definition) is 6. The molecule has 0 saturated heterocycles. The molecule has 2 aromatic heterocycles. The van der Waals surface area contributed by atoms with Gasteiger partial charge in [-0.05, 0) is 29.7 Å². The molecule has 0 radical (unpaired) electrons. The standard InChI is InChI=1S/C14H9F3N4O3S/c1-20-11(14(15,16)17)5-12(22)21(13(20)23)7-2-3-10-8(4-7)9(6-18-24)19-25-10/h2-6,24H,1H3/b18-6+. The van der Waals surface area contributed by atoms with Gasteiger partial charge in [-0.2, -0.15) is 17.5 Å². The van der Waals surface area contributed by atoms with Gasteiger partial charge in [0.15, 0.2) is 0 Å². The highest BCUT2D eigenvalue weighted by molar-refractivity contribution is 7.13. The summed E-state index contributed by atoms with van der Waals surface area (Å²) in [5, 5.41) is 12.0. The first-order chi connectivity index (χ1) is 11.7. The Kier molecular flexibility index (Phi) is 3.95. The van der Waals surface area contributed by atoms with E-state index < -0.39 is 23.1 Å². The van der Waals surface area contributed by atoms with E-state index in [1.54, 1.807) is 6.07 Å². The van der Waals surface area contributed by atoms with Crippen molar-refractivity contribution in [3.63, 3.8) is 0 Å². The van der Waals surface area contributed by atoms with E-state index in [2.05, 4.69) is 9.53 Å². The number of nitrogens with zero attached hydrogens (tertiary/aromatic N) is 4. The third-order valence-corrected chi connectivity index (χ3v) is 4.37. The Balaban J connectivity index is 2.29. The van der Waals surface area contributed by atoms with Crippen LogP contribution in [0.3, 0.4) is 0 Å². The summed E-state index contributed by atoms with van der Waals surface area (Å²) in [5.41, 5.74) is -3.17. The lowest BCUT2D eigenvalue weighted by molar-refractivity contribution is -0.144. The molecule has 11 heteroatoms. The predicted octanol–water partition coefficient (Wildman–Crippen LogP) is 1.97. The van der Waals surface area contributed by atoms with Crippen LogP contribution in [0.5, 0.6) is 0 Å². The maximum atomic E-state index is 12.9. The lowest BCUT2D eigenvalue weighted by Crippen LogP contribution is -2.40. The molecule has 3 rings (SSSR count). The number of hydrogen-bond donors (Lipinski definition) is 1. The van der Waals surface area contributed by atoms with Gasteiger partial charge in [-0.1, -0.05) is 5.16 Å². The van der Waals surface area contributed by atoms with E-state index in [0.29, 0.717) is 31.0 Å². The van der Waals surface area contributed by atoms with E-state index in [-0.39, 0.29) is 5.69 Å². The van der Waals surface area contributed by atoms with Gasteiger partial charge in [0, 0.05) is 18.5 Å². The van der Waals surface area contributed by atoms with Crippen molar-refractivity contribution in [1.82, 2.24) is 13.5 Å². The Hall–Kier alpha value is -2.95. The van der Waals surface area contributed by atoms with Crippen LogP contribution >= 0.6 is 11.5 Å². The largest absolute Gasteiger partial charge is 0.431 e. The predicted molar refractivity (Wildman–Crippen MR) is 84.8 cm³/mol. The van der Waals surface area contributed by atoms with Crippen molar-refractivity contribution in [2.75, 3.05) is 0 Å². The highest BCUT2D eigenvalue weighted by atomic mass is 32.1. The second kappa shape index (κ2) is 5.84. The van der Waals surface area contributed by atoms with Crippen molar-refractivity contribution in [2.24, 2.45) is 12.2 Å². The van der Waals surface area contributed by atoms with Crippen LogP contribution < -0.4 is 11.2 Å². The molecule has 7 nitrogen and oxygen atoms in total. The second-order valence-corrected chi connectivity index (χ2v) is 5.84. The van der Waals surface area contributed by atoms with Gasteiger partial charge in [-0.3, -0.25) is 9.36 Å². The SMILES string of the molecule is Cn1c(C(F)(F)F)cc(=O)n(-c2ccc3snc(/C=N/O)c3c2)c1=O. The first kappa shape index (κ1) is 16.9. The van der Waals surface area contributed by atoms with Crippen molar-refractivity contribution < 1.29 is 18.4 Å². The van der Waals surface area contributed by atoms with Gasteiger partial charge in [0.05, 0.1) is 16.6 Å². The summed E-state index contributed by atoms with van der Waals surface area (Å²) in [4.78, 5) is 24.4. The van der Waals surface area contributed by atoms with Crippen molar-refractivity contribution in [3.05, 3.63) is 56.5 Å². The Morgan fingerprint density at radius 1 is 1.28 bits per heavy atom. The molecule has 0 aliphatic heterocycles. The van der Waals surface area contributed by atoms with Gasteiger partial charge in [0.1, 0.15) is 11.4 Å². The summed E-state index contributed by atoms with van der Waals surface area (Å²) < 4.78 is 44.4. The highest BCUT2D eigenvalue weighted by Gasteiger charge is 2.35. The average molecular weight is 370 g/mol. The number of rotatable bonds is 2. The summed E-state index contributed by atoms with van der Waals surface area (Å²) >= 11 is 1.10. The number of oxime groups is 1. The van der Waals surface area contributed by atoms with Crippen LogP contribution in [0.4, 0.5) is 13.2 Å². The Labute approximate surface area is 141 Å². The molecule has 0 amide bonds. The third-order valence-electron chi connectivity index (χ3n) is 3.53. The van der Waals surface area contributed by atoms with Crippen LogP contribution in [0.2, 0.25) is 0 Å². The van der Waals surface area contributed by atoms with Crippen LogP contribution in [-0.2, 0) is 13.2 Å². The molecule has 130 valence electrons. The zero-order valence-electron chi connectivity index (χ0n) is 12.5. The summed E-state index contributed by atoms with van der Waals surface area (Å²) in [6, 6.07) is 4.79. The number of fused-ring (bicyclic) bond motifs is 1. The highest BCUT2D eigenvalue weighted by Crippen LogP contribution is 2.27. The van der Waals surface area contributed by atoms with Gasteiger partial charge in [0.25, 0.3) is 5.56 Å². The Morgan fingerprint density at radius 2 is 2.00 bits per heavy atom. The molecule has 25 heavy (non-hydrogen) atoms. The molecule has 3 aromatic rings. The molecule has 0 aliphatic carbocycles. The van der Waals surface area contributed by atoms with Crippen LogP contribution in [0.25, 0.3) is 15.8 Å². The van der Waals surface area contributed by atoms with Crippen molar-refractivity contribution in [2.45, 2.75) is 6.18 Å². The van der Waals surface area contributed by atoms with Gasteiger partial charge in [-0.15, -0.1) is 0 Å². The van der Waals surface area contributed by atoms with Crippen LogP contribution in [0.15, 0.2) is 39.0 Å². The van der Waals surface area contributed by atoms with Gasteiger partial charge < -0.3 is 5.21 Å². The van der Waals surface area contributed by atoms with Crippen molar-refractivity contribution in [3.8, 4) is 5.69 Å². The summed E-state index contributed by atoms with van der Waals surface area (Å²) in [7, 11) is 0.940. The van der Waals surface area contributed by atoms with Gasteiger partial charge in [-0.25, -0.2) is 9.36 Å². The topological polar surface area (TPSA) is 89.5 Å². The number of halogens is 3. The van der Waals surface area contributed by atoms with E-state index in [1.807, 2.05) is 0 Å². The molecule has 0 unspecified atom stereocenters. The van der Waals surface area contributed by atoms with Crippen molar-refractivity contribution >= 4 is 27.8 Å². The van der Waals surface area contributed by atoms with E-state index >= 15 is 0 Å². The normalized spacial score (nSPS) is 12.3. The van der Waals surface area contributed by atoms with E-state index in [9.17, 15) is 22.8 Å². The van der Waals surface area contributed by atoms with Crippen molar-refractivity contribution in [1.29, 1.82) is 0 Å². The fraction of sp³-hybridized carbons (Fsp3) is 0.143. The maximum Gasteiger partial charge on any atom is 0.431 e. The Bertz CT molecular complexity index is 1110. The summed E-state index contributed by atoms with van der Waals surface area (Å²) in [5.74, 6) is 0. The summed E-state index contributed by atoms with van der Waals surface area (Å²) in [6.45, 7) is 0. The molecule has 0 bridgehead atoms. The zero-order valence-corrected chi connectivity index (χ0v) is 13.3. The minimum atomic E-state index is -4.82. The molecule has 0 fully saturated rings. The first-order valence-corrected chi connectivity index (χ1v) is 7.49. The molecular weight excluding hydrogens is 361 g/mol. The van der Waals surface area contributed by atoms with E-state index in [1.165, 1.54) is 12.1 Å². The number of benzene rings is 1. The minimum absolute atomic E-state index is 0.0830. The molecule has 0 saturated carbocycles. The lowest BCUT2D eigenvalue weighted by Gasteiger charge is -2.13. The smallest absolute Gasteiger partial charge is 0.411 e. The quantitative estimate of drug-likeness (QED) is 0.424. The number of aromatic nitrogens is 3. The second-order valence-electron chi connectivity index (χ2n) is 5.04. The van der Waals surface area contributed by atoms with Gasteiger partial charge >= 0.3 is 11.9 Å².